The van der Waals surface area contributed by atoms with Crippen LogP contribution in [-0.4, -0.2) is 45.4 Å². The number of nitrogens with zero attached hydrogens (tertiary/aromatic N) is 1. The van der Waals surface area contributed by atoms with Crippen molar-refractivity contribution in [1.82, 2.24) is 4.31 Å². The molecule has 1 fully saturated rings. The smallest absolute Gasteiger partial charge is 0.255 e. The van der Waals surface area contributed by atoms with E-state index in [1.807, 2.05) is 13.8 Å². The van der Waals surface area contributed by atoms with Crippen LogP contribution in [0.15, 0.2) is 35.2 Å². The van der Waals surface area contributed by atoms with Gasteiger partial charge in [-0.2, -0.15) is 4.31 Å². The maximum absolute atomic E-state index is 13.0. The zero-order valence-corrected chi connectivity index (χ0v) is 20.2. The van der Waals surface area contributed by atoms with Gasteiger partial charge in [-0.3, -0.25) is 4.79 Å². The van der Waals surface area contributed by atoms with E-state index in [0.29, 0.717) is 36.9 Å². The number of sulfonamides is 1. The number of anilines is 1. The van der Waals surface area contributed by atoms with Gasteiger partial charge in [0.1, 0.15) is 0 Å². The first-order valence-corrected chi connectivity index (χ1v) is 12.5. The molecule has 7 nitrogen and oxygen atoms in total. The van der Waals surface area contributed by atoms with Crippen molar-refractivity contribution in [2.75, 3.05) is 32.1 Å². The fourth-order valence-electron chi connectivity index (χ4n) is 3.54. The number of carbonyl (C=O) groups excluding carboxylic acids is 1. The average Bonchev–Trinajstić information content (AvgIpc) is 2.79. The van der Waals surface area contributed by atoms with Crippen LogP contribution >= 0.6 is 11.6 Å². The molecule has 1 aliphatic heterocycles. The Morgan fingerprint density at radius 1 is 1.16 bits per heavy atom. The minimum atomic E-state index is -3.61. The SMILES string of the molecule is CCCOc1c(Cl)cc(C(=O)Nc2cc(S(=O)(=O)N3CCCCC3)ccc2C)cc1OC. The Morgan fingerprint density at radius 3 is 2.53 bits per heavy atom. The normalized spacial score (nSPS) is 14.8. The molecular weight excluding hydrogens is 452 g/mol. The summed E-state index contributed by atoms with van der Waals surface area (Å²) < 4.78 is 38.5. The molecule has 1 N–H and O–H groups in total. The molecule has 1 saturated heterocycles. The van der Waals surface area contributed by atoms with Crippen LogP contribution in [0.5, 0.6) is 11.5 Å². The minimum absolute atomic E-state index is 0.166. The summed E-state index contributed by atoms with van der Waals surface area (Å²) >= 11 is 6.33. The van der Waals surface area contributed by atoms with Gasteiger partial charge in [0.2, 0.25) is 10.0 Å². The van der Waals surface area contributed by atoms with Crippen molar-refractivity contribution in [3.63, 3.8) is 0 Å². The number of hydrogen-bond acceptors (Lipinski definition) is 5. The Labute approximate surface area is 194 Å². The summed E-state index contributed by atoms with van der Waals surface area (Å²) in [6, 6.07) is 7.84. The van der Waals surface area contributed by atoms with Crippen LogP contribution in [-0.2, 0) is 10.0 Å². The fraction of sp³-hybridized carbons (Fsp3) is 0.435. The number of nitrogens with one attached hydrogen (secondary N) is 1. The van der Waals surface area contributed by atoms with E-state index < -0.39 is 15.9 Å². The first-order valence-electron chi connectivity index (χ1n) is 10.7. The molecule has 174 valence electrons. The number of carbonyl (C=O) groups is 1. The van der Waals surface area contributed by atoms with Gasteiger partial charge >= 0.3 is 0 Å². The molecule has 0 bridgehead atoms. The van der Waals surface area contributed by atoms with Crippen molar-refractivity contribution in [1.29, 1.82) is 0 Å². The molecule has 32 heavy (non-hydrogen) atoms. The molecule has 2 aromatic carbocycles. The van der Waals surface area contributed by atoms with Gasteiger partial charge in [0.05, 0.1) is 23.6 Å². The molecule has 1 heterocycles. The lowest BCUT2D eigenvalue weighted by Gasteiger charge is -2.26. The summed E-state index contributed by atoms with van der Waals surface area (Å²) in [4.78, 5) is 13.1. The lowest BCUT2D eigenvalue weighted by molar-refractivity contribution is 0.102. The van der Waals surface area contributed by atoms with Crippen LogP contribution in [0, 0.1) is 6.92 Å². The number of methoxy groups -OCH3 is 1. The molecule has 0 atom stereocenters. The quantitative estimate of drug-likeness (QED) is 0.582. The van der Waals surface area contributed by atoms with E-state index >= 15 is 0 Å². The maximum atomic E-state index is 13.0. The highest BCUT2D eigenvalue weighted by atomic mass is 35.5. The number of benzene rings is 2. The molecule has 0 spiro atoms. The second kappa shape index (κ2) is 10.6. The predicted octanol–water partition coefficient (Wildman–Crippen LogP) is 4.87. The van der Waals surface area contributed by atoms with Crippen molar-refractivity contribution in [2.45, 2.75) is 44.4 Å². The summed E-state index contributed by atoms with van der Waals surface area (Å²) in [6.45, 7) is 5.29. The second-order valence-corrected chi connectivity index (χ2v) is 10.1. The highest BCUT2D eigenvalue weighted by Crippen LogP contribution is 2.37. The van der Waals surface area contributed by atoms with Crippen molar-refractivity contribution in [2.24, 2.45) is 0 Å². The van der Waals surface area contributed by atoms with E-state index in [-0.39, 0.29) is 15.5 Å². The van der Waals surface area contributed by atoms with Gasteiger partial charge in [-0.05, 0) is 56.0 Å². The third-order valence-electron chi connectivity index (χ3n) is 5.35. The molecule has 2 aromatic rings. The van der Waals surface area contributed by atoms with Gasteiger partial charge in [0.25, 0.3) is 5.91 Å². The Hall–Kier alpha value is -2.29. The fourth-order valence-corrected chi connectivity index (χ4v) is 5.35. The Morgan fingerprint density at radius 2 is 1.88 bits per heavy atom. The van der Waals surface area contributed by atoms with Crippen LogP contribution in [0.4, 0.5) is 5.69 Å². The lowest BCUT2D eigenvalue weighted by Crippen LogP contribution is -2.35. The summed E-state index contributed by atoms with van der Waals surface area (Å²) in [7, 11) is -2.13. The van der Waals surface area contributed by atoms with Gasteiger partial charge in [0, 0.05) is 24.3 Å². The van der Waals surface area contributed by atoms with Gasteiger partial charge in [-0.15, -0.1) is 0 Å². The number of halogens is 1. The molecule has 1 aliphatic rings. The van der Waals surface area contributed by atoms with E-state index in [9.17, 15) is 13.2 Å². The lowest BCUT2D eigenvalue weighted by atomic mass is 10.1. The minimum Gasteiger partial charge on any atom is -0.493 e. The monoisotopic (exact) mass is 480 g/mol. The van der Waals surface area contributed by atoms with Crippen molar-refractivity contribution in [3.8, 4) is 11.5 Å². The van der Waals surface area contributed by atoms with Gasteiger partial charge < -0.3 is 14.8 Å². The predicted molar refractivity (Wildman–Crippen MR) is 126 cm³/mol. The molecule has 0 radical (unpaired) electrons. The molecule has 1 amide bonds. The Balaban J connectivity index is 1.86. The topological polar surface area (TPSA) is 84.9 Å². The average molecular weight is 481 g/mol. The second-order valence-electron chi connectivity index (χ2n) is 7.73. The van der Waals surface area contributed by atoms with Crippen molar-refractivity contribution in [3.05, 3.63) is 46.5 Å². The number of piperidine rings is 1. The number of aryl methyl sites for hydroxylation is 1. The largest absolute Gasteiger partial charge is 0.493 e. The highest BCUT2D eigenvalue weighted by molar-refractivity contribution is 7.89. The molecule has 0 saturated carbocycles. The molecule has 9 heteroatoms. The zero-order valence-electron chi connectivity index (χ0n) is 18.6. The van der Waals surface area contributed by atoms with Crippen molar-refractivity contribution < 1.29 is 22.7 Å². The standard InChI is InChI=1S/C23H29ClN2O5S/c1-4-12-31-22-19(24)13-17(14-21(22)30-3)23(27)25-20-15-18(9-8-16(20)2)32(28,29)26-10-6-5-7-11-26/h8-9,13-15H,4-7,10-12H2,1-3H3,(H,25,27). The van der Waals surface area contributed by atoms with Gasteiger partial charge in [-0.25, -0.2) is 8.42 Å². The van der Waals surface area contributed by atoms with Gasteiger partial charge in [0.15, 0.2) is 11.5 Å². The summed E-state index contributed by atoms with van der Waals surface area (Å²) in [5.74, 6) is 0.315. The molecule has 0 aromatic heterocycles. The summed E-state index contributed by atoms with van der Waals surface area (Å²) in [6.07, 6.45) is 3.55. The number of amides is 1. The molecular formula is C23H29ClN2O5S. The zero-order chi connectivity index (χ0) is 23.3. The van der Waals surface area contributed by atoms with E-state index in [4.69, 9.17) is 21.1 Å². The van der Waals surface area contributed by atoms with Crippen molar-refractivity contribution >= 4 is 33.2 Å². The van der Waals surface area contributed by atoms with Crippen LogP contribution < -0.4 is 14.8 Å². The third-order valence-corrected chi connectivity index (χ3v) is 7.53. The molecule has 0 unspecified atom stereocenters. The summed E-state index contributed by atoms with van der Waals surface area (Å²) in [5, 5.41) is 3.07. The Bertz CT molecular complexity index is 1080. The summed E-state index contributed by atoms with van der Waals surface area (Å²) in [5.41, 5.74) is 1.45. The van der Waals surface area contributed by atoms with Crippen LogP contribution in [0.2, 0.25) is 5.02 Å². The Kier molecular flexibility index (Phi) is 8.03. The first kappa shape index (κ1) is 24.4. The van der Waals surface area contributed by atoms with E-state index in [0.717, 1.165) is 31.2 Å². The number of rotatable bonds is 8. The molecule has 0 aliphatic carbocycles. The van der Waals surface area contributed by atoms with Crippen LogP contribution in [0.25, 0.3) is 0 Å². The van der Waals surface area contributed by atoms with E-state index in [1.165, 1.54) is 23.5 Å². The third kappa shape index (κ3) is 5.36. The first-order chi connectivity index (χ1) is 15.3. The maximum Gasteiger partial charge on any atom is 0.255 e. The van der Waals surface area contributed by atoms with Crippen LogP contribution in [0.3, 0.4) is 0 Å². The number of ether oxygens (including phenoxy) is 2. The van der Waals surface area contributed by atoms with Gasteiger partial charge in [-0.1, -0.05) is 31.0 Å². The van der Waals surface area contributed by atoms with E-state index in [1.54, 1.807) is 18.2 Å². The van der Waals surface area contributed by atoms with E-state index in [2.05, 4.69) is 5.32 Å². The van der Waals surface area contributed by atoms with Crippen LogP contribution in [0.1, 0.15) is 48.5 Å². The highest BCUT2D eigenvalue weighted by Gasteiger charge is 2.26. The molecule has 3 rings (SSSR count). The number of hydrogen-bond donors (Lipinski definition) is 1.